The van der Waals surface area contributed by atoms with Crippen LogP contribution >= 0.6 is 0 Å². The van der Waals surface area contributed by atoms with Crippen molar-refractivity contribution in [3.63, 3.8) is 0 Å². The summed E-state index contributed by atoms with van der Waals surface area (Å²) in [7, 11) is 0. The molecule has 1 fully saturated rings. The number of pyridine rings is 1. The first-order valence-corrected chi connectivity index (χ1v) is 13.6. The number of aromatic amines is 1. The number of likely N-dealkylation sites (tertiary alicyclic amines) is 1. The first-order chi connectivity index (χ1) is 19.3. The van der Waals surface area contributed by atoms with Crippen LogP contribution in [0.2, 0.25) is 0 Å². The summed E-state index contributed by atoms with van der Waals surface area (Å²) in [5, 5.41) is 14.4. The summed E-state index contributed by atoms with van der Waals surface area (Å²) >= 11 is 0. The minimum atomic E-state index is -0.414. The van der Waals surface area contributed by atoms with E-state index < -0.39 is 11.2 Å². The first-order valence-electron chi connectivity index (χ1n) is 13.6. The fourth-order valence-electron chi connectivity index (χ4n) is 5.77. The van der Waals surface area contributed by atoms with E-state index in [0.717, 1.165) is 54.4 Å². The van der Waals surface area contributed by atoms with Gasteiger partial charge in [-0.3, -0.25) is 9.89 Å². The normalized spacial score (nSPS) is 20.1. The predicted octanol–water partition coefficient (Wildman–Crippen LogP) is 5.22. The number of H-pyrrole nitrogens is 1. The molecule has 2 aliphatic rings. The number of allylic oxidation sites excluding steroid dienone is 2. The van der Waals surface area contributed by atoms with Gasteiger partial charge in [-0.15, -0.1) is 0 Å². The molecule has 5 heterocycles. The molecule has 4 aromatic heterocycles. The maximum Gasteiger partial charge on any atom is 0.229 e. The van der Waals surface area contributed by atoms with Crippen LogP contribution in [0.1, 0.15) is 67.8 Å². The van der Waals surface area contributed by atoms with E-state index in [1.807, 2.05) is 43.9 Å². The predicted molar refractivity (Wildman–Crippen MR) is 148 cm³/mol. The van der Waals surface area contributed by atoms with Crippen molar-refractivity contribution in [2.24, 2.45) is 5.41 Å². The van der Waals surface area contributed by atoms with Crippen LogP contribution in [0.5, 0.6) is 0 Å². The van der Waals surface area contributed by atoms with Gasteiger partial charge in [-0.2, -0.15) is 10.2 Å². The van der Waals surface area contributed by atoms with E-state index >= 15 is 0 Å². The van der Waals surface area contributed by atoms with Crippen LogP contribution in [0.25, 0.3) is 11.4 Å². The fraction of sp³-hybridized carbons (Fsp3) is 0.379. The molecule has 4 aromatic rings. The average molecular weight is 542 g/mol. The highest BCUT2D eigenvalue weighted by molar-refractivity contribution is 5.85. The quantitative estimate of drug-likeness (QED) is 0.344. The van der Waals surface area contributed by atoms with Crippen LogP contribution in [0.15, 0.2) is 48.9 Å². The van der Waals surface area contributed by atoms with Crippen molar-refractivity contribution in [3.05, 3.63) is 77.5 Å². The number of anilines is 2. The zero-order valence-electron chi connectivity index (χ0n) is 22.9. The number of nitrogens with one attached hydrogen (secondary N) is 2. The lowest BCUT2D eigenvalue weighted by Gasteiger charge is -2.45. The van der Waals surface area contributed by atoms with E-state index in [1.54, 1.807) is 12.3 Å². The van der Waals surface area contributed by atoms with Gasteiger partial charge in [0, 0.05) is 36.3 Å². The molecule has 0 radical (unpaired) electrons. The Morgan fingerprint density at radius 2 is 2.00 bits per heavy atom. The maximum atomic E-state index is 13.9. The number of hydrogen-bond acceptors (Lipinski definition) is 7. The van der Waals surface area contributed by atoms with Crippen LogP contribution in [0.4, 0.5) is 16.0 Å². The molecule has 0 bridgehead atoms. The van der Waals surface area contributed by atoms with Crippen molar-refractivity contribution in [2.45, 2.75) is 58.9 Å². The molecule has 1 aliphatic heterocycles. The average Bonchev–Trinajstić information content (AvgIpc) is 3.57. The minimum absolute atomic E-state index is 0.120. The Morgan fingerprint density at radius 3 is 2.67 bits per heavy atom. The number of carbonyl (C=O) groups is 1. The molecular formula is C29H32FN9O. The molecule has 6 rings (SSSR count). The largest absolute Gasteiger partial charge is 0.335 e. The summed E-state index contributed by atoms with van der Waals surface area (Å²) in [6, 6.07) is 7.44. The summed E-state index contributed by atoms with van der Waals surface area (Å²) in [5.41, 5.74) is 3.44. The van der Waals surface area contributed by atoms with Crippen LogP contribution in [0, 0.1) is 25.1 Å². The van der Waals surface area contributed by atoms with Crippen molar-refractivity contribution in [3.8, 4) is 5.82 Å². The number of halogens is 1. The molecule has 1 saturated heterocycles. The summed E-state index contributed by atoms with van der Waals surface area (Å²) in [6.45, 7) is 6.66. The third kappa shape index (κ3) is 4.99. The summed E-state index contributed by atoms with van der Waals surface area (Å²) in [5.74, 6) is 2.41. The smallest absolute Gasteiger partial charge is 0.229 e. The molecular weight excluding hydrogens is 509 g/mol. The molecule has 10 nitrogen and oxygen atoms in total. The molecule has 1 amide bonds. The summed E-state index contributed by atoms with van der Waals surface area (Å²) < 4.78 is 14.7. The number of nitrogens with zero attached hydrogens (tertiary/aromatic N) is 7. The third-order valence-electron chi connectivity index (χ3n) is 7.99. The molecule has 0 saturated carbocycles. The Labute approximate surface area is 231 Å². The van der Waals surface area contributed by atoms with Gasteiger partial charge in [-0.05, 0) is 70.1 Å². The van der Waals surface area contributed by atoms with Crippen LogP contribution < -0.4 is 5.32 Å². The first kappa shape index (κ1) is 25.8. The zero-order valence-corrected chi connectivity index (χ0v) is 22.9. The van der Waals surface area contributed by atoms with Crippen molar-refractivity contribution in [2.75, 3.05) is 11.9 Å². The van der Waals surface area contributed by atoms with E-state index in [4.69, 9.17) is 9.97 Å². The van der Waals surface area contributed by atoms with E-state index in [-0.39, 0.29) is 11.9 Å². The number of hydrogen-bond donors (Lipinski definition) is 2. The van der Waals surface area contributed by atoms with Crippen molar-refractivity contribution >= 4 is 23.1 Å². The second-order valence-electron chi connectivity index (χ2n) is 10.8. The van der Waals surface area contributed by atoms with Gasteiger partial charge in [0.1, 0.15) is 5.82 Å². The Balaban J connectivity index is 1.17. The molecule has 2 atom stereocenters. The second kappa shape index (κ2) is 10.3. The molecule has 2 N–H and O–H groups in total. The number of aromatic nitrogens is 7. The highest BCUT2D eigenvalue weighted by atomic mass is 19.1. The summed E-state index contributed by atoms with van der Waals surface area (Å²) in [6.07, 6.45) is 10.4. The van der Waals surface area contributed by atoms with Crippen LogP contribution in [0.3, 0.4) is 0 Å². The van der Waals surface area contributed by atoms with Gasteiger partial charge in [-0.25, -0.2) is 24.0 Å². The topological polar surface area (TPSA) is 118 Å². The Bertz CT molecular complexity index is 1570. The number of aryl methyl sites for hydroxylation is 2. The van der Waals surface area contributed by atoms with Crippen LogP contribution in [-0.4, -0.2) is 52.3 Å². The van der Waals surface area contributed by atoms with Crippen molar-refractivity contribution < 1.29 is 9.18 Å². The van der Waals surface area contributed by atoms with Gasteiger partial charge >= 0.3 is 0 Å². The monoisotopic (exact) mass is 541 g/mol. The van der Waals surface area contributed by atoms with Gasteiger partial charge in [0.15, 0.2) is 23.3 Å². The van der Waals surface area contributed by atoms with E-state index in [9.17, 15) is 9.18 Å². The van der Waals surface area contributed by atoms with Crippen molar-refractivity contribution in [1.29, 1.82) is 0 Å². The van der Waals surface area contributed by atoms with Crippen LogP contribution in [-0.2, 0) is 4.79 Å². The second-order valence-corrected chi connectivity index (χ2v) is 10.8. The molecule has 0 aromatic carbocycles. The van der Waals surface area contributed by atoms with Crippen molar-refractivity contribution in [1.82, 2.24) is 39.8 Å². The third-order valence-corrected chi connectivity index (χ3v) is 7.99. The Morgan fingerprint density at radius 1 is 1.12 bits per heavy atom. The van der Waals surface area contributed by atoms with Gasteiger partial charge in [0.25, 0.3) is 0 Å². The van der Waals surface area contributed by atoms with Gasteiger partial charge in [0.2, 0.25) is 5.91 Å². The van der Waals surface area contributed by atoms with E-state index in [1.165, 1.54) is 10.9 Å². The SMILES string of the molecule is Cc1cc(Nc2cc(C)[nH]n2)nc(C2=CCC3(CCCN([C@@H](C)c4ccc(-n5cc(F)cn5)nc4)C3=O)CC2)n1. The lowest BCUT2D eigenvalue weighted by Crippen LogP contribution is -2.50. The van der Waals surface area contributed by atoms with E-state index in [2.05, 4.69) is 31.7 Å². The fourth-order valence-corrected chi connectivity index (χ4v) is 5.77. The Hall–Kier alpha value is -4.41. The Kier molecular flexibility index (Phi) is 6.65. The molecule has 206 valence electrons. The molecule has 1 unspecified atom stereocenters. The number of amides is 1. The maximum absolute atomic E-state index is 13.9. The molecule has 40 heavy (non-hydrogen) atoms. The van der Waals surface area contributed by atoms with Gasteiger partial charge in [0.05, 0.1) is 23.9 Å². The lowest BCUT2D eigenvalue weighted by molar-refractivity contribution is -0.149. The molecule has 1 aliphatic carbocycles. The number of carbonyl (C=O) groups excluding carboxylic acids is 1. The lowest BCUT2D eigenvalue weighted by atomic mass is 9.69. The van der Waals surface area contributed by atoms with Gasteiger partial charge < -0.3 is 10.2 Å². The molecule has 11 heteroatoms. The number of rotatable bonds is 6. The minimum Gasteiger partial charge on any atom is -0.335 e. The number of piperidine rings is 1. The highest BCUT2D eigenvalue weighted by Crippen LogP contribution is 2.46. The zero-order chi connectivity index (χ0) is 27.9. The van der Waals surface area contributed by atoms with E-state index in [0.29, 0.717) is 36.2 Å². The highest BCUT2D eigenvalue weighted by Gasteiger charge is 2.45. The summed E-state index contributed by atoms with van der Waals surface area (Å²) in [4.78, 5) is 29.8. The molecule has 1 spiro atoms. The standard InChI is InChI=1S/C29H32FN9O/c1-18-13-24(34-25-14-19(2)36-37-25)35-27(33-18)21-7-10-29(11-8-21)9-4-12-38(28(29)40)20(3)22-5-6-26(31-15-22)39-17-23(30)16-32-39/h5-7,13-17,20H,4,8-12H2,1-3H3,(H2,33,34,35,36,37)/t20-,29?/m0/s1. The van der Waals surface area contributed by atoms with Gasteiger partial charge in [-0.1, -0.05) is 12.1 Å².